The van der Waals surface area contributed by atoms with E-state index in [1.54, 1.807) is 6.92 Å². The number of aromatic nitrogens is 2. The Kier molecular flexibility index (Phi) is 5.16. The van der Waals surface area contributed by atoms with Crippen LogP contribution < -0.4 is 20.9 Å². The lowest BCUT2D eigenvalue weighted by molar-refractivity contribution is -0.121. The molecule has 0 fully saturated rings. The number of amides is 1. The minimum Gasteiger partial charge on any atom is -0.489 e. The highest BCUT2D eigenvalue weighted by atomic mass is 16.5. The van der Waals surface area contributed by atoms with Crippen molar-refractivity contribution in [1.82, 2.24) is 15.3 Å². The highest BCUT2D eigenvalue weighted by Gasteiger charge is 2.16. The number of anilines is 1. The second-order valence-corrected chi connectivity index (χ2v) is 3.77. The van der Waals surface area contributed by atoms with Gasteiger partial charge in [0, 0.05) is 6.54 Å². The summed E-state index contributed by atoms with van der Waals surface area (Å²) in [5, 5.41) is 5.59. The van der Waals surface area contributed by atoms with Crippen molar-refractivity contribution in [3.63, 3.8) is 0 Å². The van der Waals surface area contributed by atoms with E-state index in [0.29, 0.717) is 6.54 Å². The van der Waals surface area contributed by atoms with Crippen LogP contribution in [0.2, 0.25) is 0 Å². The number of hydrogen-bond acceptors (Lipinski definition) is 5. The molecule has 18 heavy (non-hydrogen) atoms. The molecule has 0 saturated heterocycles. The van der Waals surface area contributed by atoms with Gasteiger partial charge < -0.3 is 20.4 Å². The van der Waals surface area contributed by atoms with Gasteiger partial charge in [0.1, 0.15) is 6.04 Å². The molecule has 0 aliphatic rings. The summed E-state index contributed by atoms with van der Waals surface area (Å²) in [6, 6.07) is -0.500. The lowest BCUT2D eigenvalue weighted by Gasteiger charge is -2.15. The van der Waals surface area contributed by atoms with Crippen molar-refractivity contribution in [2.24, 2.45) is 0 Å². The number of nitrogens with zero attached hydrogens (tertiary/aromatic N) is 1. The van der Waals surface area contributed by atoms with Gasteiger partial charge in [-0.2, -0.15) is 0 Å². The van der Waals surface area contributed by atoms with E-state index in [4.69, 9.17) is 4.74 Å². The molecule has 1 aromatic heterocycles. The summed E-state index contributed by atoms with van der Waals surface area (Å²) in [6.45, 7) is 4.28. The molecule has 1 atom stereocenters. The smallest absolute Gasteiger partial charge is 0.295 e. The third-order valence-electron chi connectivity index (χ3n) is 2.31. The van der Waals surface area contributed by atoms with Gasteiger partial charge in [0.15, 0.2) is 5.82 Å². The molecule has 0 aromatic carbocycles. The van der Waals surface area contributed by atoms with Crippen molar-refractivity contribution in [2.75, 3.05) is 19.0 Å². The zero-order chi connectivity index (χ0) is 13.5. The van der Waals surface area contributed by atoms with Gasteiger partial charge >= 0.3 is 0 Å². The van der Waals surface area contributed by atoms with E-state index in [1.165, 1.54) is 13.4 Å². The number of carbonyl (C=O) groups excluding carboxylic acids is 1. The SMILES string of the molecule is CCCNC(=O)C(C)Nc1nc[nH]c(=O)c1OC. The molecule has 100 valence electrons. The van der Waals surface area contributed by atoms with Gasteiger partial charge in [-0.25, -0.2) is 4.98 Å². The molecule has 0 spiro atoms. The summed E-state index contributed by atoms with van der Waals surface area (Å²) in [6.07, 6.45) is 2.12. The van der Waals surface area contributed by atoms with Crippen LogP contribution in [0.3, 0.4) is 0 Å². The number of aromatic amines is 1. The molecule has 1 aromatic rings. The monoisotopic (exact) mass is 254 g/mol. The van der Waals surface area contributed by atoms with Crippen LogP contribution >= 0.6 is 0 Å². The van der Waals surface area contributed by atoms with E-state index < -0.39 is 11.6 Å². The number of hydrogen-bond donors (Lipinski definition) is 3. The summed E-state index contributed by atoms with van der Waals surface area (Å²) in [5.41, 5.74) is -0.392. The fraction of sp³-hybridized carbons (Fsp3) is 0.545. The van der Waals surface area contributed by atoms with Gasteiger partial charge in [-0.15, -0.1) is 0 Å². The lowest BCUT2D eigenvalue weighted by atomic mass is 10.3. The predicted molar refractivity (Wildman–Crippen MR) is 67.8 cm³/mol. The first-order valence-electron chi connectivity index (χ1n) is 5.76. The van der Waals surface area contributed by atoms with E-state index in [0.717, 1.165) is 6.42 Å². The second-order valence-electron chi connectivity index (χ2n) is 3.77. The Hall–Kier alpha value is -2.05. The fourth-order valence-corrected chi connectivity index (χ4v) is 1.35. The molecule has 3 N–H and O–H groups in total. The van der Waals surface area contributed by atoms with Crippen molar-refractivity contribution in [1.29, 1.82) is 0 Å². The third-order valence-corrected chi connectivity index (χ3v) is 2.31. The molecule has 1 amide bonds. The van der Waals surface area contributed by atoms with Crippen LogP contribution in [0.15, 0.2) is 11.1 Å². The average Bonchev–Trinajstić information content (AvgIpc) is 2.36. The third kappa shape index (κ3) is 3.47. The van der Waals surface area contributed by atoms with Gasteiger partial charge in [0.25, 0.3) is 5.56 Å². The molecule has 0 saturated carbocycles. The zero-order valence-electron chi connectivity index (χ0n) is 10.7. The van der Waals surface area contributed by atoms with E-state index >= 15 is 0 Å². The van der Waals surface area contributed by atoms with E-state index in [-0.39, 0.29) is 17.5 Å². The predicted octanol–water partition coefficient (Wildman–Crippen LogP) is 0.105. The number of rotatable bonds is 6. The molecule has 7 heteroatoms. The Balaban J connectivity index is 2.75. The average molecular weight is 254 g/mol. The van der Waals surface area contributed by atoms with Crippen molar-refractivity contribution in [3.05, 3.63) is 16.7 Å². The van der Waals surface area contributed by atoms with Gasteiger partial charge in [-0.3, -0.25) is 9.59 Å². The standard InChI is InChI=1S/C11H18N4O3/c1-4-5-12-10(16)7(2)15-9-8(18-3)11(17)14-6-13-9/h6-7H,4-5H2,1-3H3,(H,12,16)(H2,13,14,15,17). The normalized spacial score (nSPS) is 11.7. The van der Waals surface area contributed by atoms with Crippen molar-refractivity contribution < 1.29 is 9.53 Å². The summed E-state index contributed by atoms with van der Waals surface area (Å²) in [5.74, 6) is 0.161. The van der Waals surface area contributed by atoms with Crippen molar-refractivity contribution in [2.45, 2.75) is 26.3 Å². The Bertz CT molecular complexity index is 458. The summed E-state index contributed by atoms with van der Waals surface area (Å²) in [7, 11) is 1.37. The van der Waals surface area contributed by atoms with Crippen molar-refractivity contribution in [3.8, 4) is 5.75 Å². The maximum atomic E-state index is 11.7. The van der Waals surface area contributed by atoms with Crippen LogP contribution in [-0.2, 0) is 4.79 Å². The molecule has 7 nitrogen and oxygen atoms in total. The molecule has 0 bridgehead atoms. The molecule has 1 rings (SSSR count). The minimum atomic E-state index is -0.500. The van der Waals surface area contributed by atoms with Gasteiger partial charge in [-0.1, -0.05) is 6.92 Å². The van der Waals surface area contributed by atoms with Crippen LogP contribution in [0.1, 0.15) is 20.3 Å². The molecule has 0 aliphatic heterocycles. The van der Waals surface area contributed by atoms with Crippen LogP contribution in [0, 0.1) is 0 Å². The maximum absolute atomic E-state index is 11.7. The molecule has 0 radical (unpaired) electrons. The van der Waals surface area contributed by atoms with Gasteiger partial charge in [-0.05, 0) is 13.3 Å². The number of methoxy groups -OCH3 is 1. The van der Waals surface area contributed by atoms with Crippen LogP contribution in [-0.4, -0.2) is 35.6 Å². The van der Waals surface area contributed by atoms with E-state index in [9.17, 15) is 9.59 Å². The summed E-state index contributed by atoms with van der Waals surface area (Å²) in [4.78, 5) is 29.4. The highest BCUT2D eigenvalue weighted by Crippen LogP contribution is 2.15. The minimum absolute atomic E-state index is 0.0626. The van der Waals surface area contributed by atoms with Crippen LogP contribution in [0.25, 0.3) is 0 Å². The second kappa shape index (κ2) is 6.63. The topological polar surface area (TPSA) is 96.1 Å². The first-order valence-corrected chi connectivity index (χ1v) is 5.76. The number of H-pyrrole nitrogens is 1. The zero-order valence-corrected chi connectivity index (χ0v) is 10.7. The molecule has 1 unspecified atom stereocenters. The largest absolute Gasteiger partial charge is 0.489 e. The van der Waals surface area contributed by atoms with Gasteiger partial charge in [0.05, 0.1) is 13.4 Å². The van der Waals surface area contributed by atoms with Crippen molar-refractivity contribution >= 4 is 11.7 Å². The van der Waals surface area contributed by atoms with Gasteiger partial charge in [0.2, 0.25) is 11.7 Å². The summed E-state index contributed by atoms with van der Waals surface area (Å²) < 4.78 is 4.94. The maximum Gasteiger partial charge on any atom is 0.295 e. The first-order chi connectivity index (χ1) is 8.60. The Morgan fingerprint density at radius 3 is 2.94 bits per heavy atom. The summed E-state index contributed by atoms with van der Waals surface area (Å²) >= 11 is 0. The number of carbonyl (C=O) groups is 1. The molecule has 1 heterocycles. The molecule has 0 aliphatic carbocycles. The fourth-order valence-electron chi connectivity index (χ4n) is 1.35. The van der Waals surface area contributed by atoms with E-state index in [1.807, 2.05) is 6.92 Å². The van der Waals surface area contributed by atoms with Crippen LogP contribution in [0.4, 0.5) is 5.82 Å². The Morgan fingerprint density at radius 1 is 1.61 bits per heavy atom. The van der Waals surface area contributed by atoms with Crippen LogP contribution in [0.5, 0.6) is 5.75 Å². The number of nitrogens with one attached hydrogen (secondary N) is 3. The molecular weight excluding hydrogens is 236 g/mol. The quantitative estimate of drug-likeness (QED) is 0.669. The molecular formula is C11H18N4O3. The Morgan fingerprint density at radius 2 is 2.33 bits per heavy atom. The Labute approximate surface area is 105 Å². The first kappa shape index (κ1) is 14.0. The number of ether oxygens (including phenoxy) is 1. The lowest BCUT2D eigenvalue weighted by Crippen LogP contribution is -2.38. The van der Waals surface area contributed by atoms with E-state index in [2.05, 4.69) is 20.6 Å². The highest BCUT2D eigenvalue weighted by molar-refractivity contribution is 5.84.